The van der Waals surface area contributed by atoms with Gasteiger partial charge in [-0.3, -0.25) is 0 Å². The van der Waals surface area contributed by atoms with Crippen LogP contribution in [0, 0.1) is 5.92 Å². The molecule has 2 amide bonds. The number of urea groups is 1. The predicted octanol–water partition coefficient (Wildman–Crippen LogP) is 1.57. The Hall–Kier alpha value is -2.41. The molecule has 2 heterocycles. The van der Waals surface area contributed by atoms with Crippen LogP contribution in [0.4, 0.5) is 4.79 Å². The van der Waals surface area contributed by atoms with E-state index in [2.05, 4.69) is 15.4 Å². The third kappa shape index (κ3) is 3.91. The SMILES string of the molecule is CN(CC1CCCC1O)C(=O)NCc1ccnc(-n2cccn2)c1. The molecular weight excluding hydrogens is 306 g/mol. The molecule has 2 atom stereocenters. The first-order valence-electron chi connectivity index (χ1n) is 8.25. The van der Waals surface area contributed by atoms with E-state index < -0.39 is 0 Å². The van der Waals surface area contributed by atoms with Crippen LogP contribution in [0.25, 0.3) is 5.82 Å². The van der Waals surface area contributed by atoms with Gasteiger partial charge in [0.25, 0.3) is 0 Å². The van der Waals surface area contributed by atoms with Gasteiger partial charge >= 0.3 is 6.03 Å². The van der Waals surface area contributed by atoms with E-state index in [1.165, 1.54) is 0 Å². The molecule has 0 aliphatic heterocycles. The summed E-state index contributed by atoms with van der Waals surface area (Å²) in [5.41, 5.74) is 0.957. The topological polar surface area (TPSA) is 83.3 Å². The van der Waals surface area contributed by atoms with Crippen molar-refractivity contribution in [3.8, 4) is 5.82 Å². The summed E-state index contributed by atoms with van der Waals surface area (Å²) >= 11 is 0. The lowest BCUT2D eigenvalue weighted by atomic mass is 10.1. The van der Waals surface area contributed by atoms with Gasteiger partial charge in [-0.2, -0.15) is 5.10 Å². The maximum absolute atomic E-state index is 12.2. The van der Waals surface area contributed by atoms with Gasteiger partial charge in [-0.1, -0.05) is 6.42 Å². The number of nitrogens with zero attached hydrogens (tertiary/aromatic N) is 4. The average Bonchev–Trinajstić information content (AvgIpc) is 3.25. The number of hydrogen-bond donors (Lipinski definition) is 2. The molecule has 1 aliphatic rings. The summed E-state index contributed by atoms with van der Waals surface area (Å²) in [7, 11) is 1.77. The van der Waals surface area contributed by atoms with Crippen molar-refractivity contribution in [3.63, 3.8) is 0 Å². The fraction of sp³-hybridized carbons (Fsp3) is 0.471. The average molecular weight is 329 g/mol. The number of aliphatic hydroxyl groups excluding tert-OH is 1. The van der Waals surface area contributed by atoms with E-state index in [9.17, 15) is 9.90 Å². The van der Waals surface area contributed by atoms with Crippen LogP contribution in [0.3, 0.4) is 0 Å². The van der Waals surface area contributed by atoms with Crippen molar-refractivity contribution >= 4 is 6.03 Å². The zero-order valence-corrected chi connectivity index (χ0v) is 13.8. The van der Waals surface area contributed by atoms with E-state index in [0.717, 1.165) is 24.8 Å². The molecule has 0 spiro atoms. The van der Waals surface area contributed by atoms with Gasteiger partial charge in [-0.25, -0.2) is 14.5 Å². The van der Waals surface area contributed by atoms with Gasteiger partial charge in [0.2, 0.25) is 0 Å². The summed E-state index contributed by atoms with van der Waals surface area (Å²) < 4.78 is 1.68. The summed E-state index contributed by atoms with van der Waals surface area (Å²) in [5.74, 6) is 0.905. The second kappa shape index (κ2) is 7.44. The Labute approximate surface area is 141 Å². The third-order valence-corrected chi connectivity index (χ3v) is 4.47. The standard InChI is InChI=1S/C17H23N5O2/c1-21(12-14-4-2-5-15(14)23)17(24)19-11-13-6-8-18-16(10-13)22-9-3-7-20-22/h3,6-10,14-15,23H,2,4-5,11-12H2,1H3,(H,19,24). The van der Waals surface area contributed by atoms with Gasteiger partial charge in [0.05, 0.1) is 6.10 Å². The highest BCUT2D eigenvalue weighted by Crippen LogP contribution is 2.25. The normalized spacial score (nSPS) is 20.1. The zero-order valence-electron chi connectivity index (χ0n) is 13.8. The third-order valence-electron chi connectivity index (χ3n) is 4.47. The number of hydrogen-bond acceptors (Lipinski definition) is 4. The first-order chi connectivity index (χ1) is 11.6. The summed E-state index contributed by atoms with van der Waals surface area (Å²) in [6, 6.07) is 5.47. The van der Waals surface area contributed by atoms with Crippen molar-refractivity contribution in [2.24, 2.45) is 5.92 Å². The molecule has 128 valence electrons. The van der Waals surface area contributed by atoms with Gasteiger partial charge in [0, 0.05) is 44.6 Å². The van der Waals surface area contributed by atoms with Crippen LogP contribution < -0.4 is 5.32 Å². The van der Waals surface area contributed by atoms with Crippen LogP contribution in [-0.4, -0.2) is 50.5 Å². The zero-order chi connectivity index (χ0) is 16.9. The number of aromatic nitrogens is 3. The van der Waals surface area contributed by atoms with Gasteiger partial charge in [0.1, 0.15) is 0 Å². The molecule has 1 fully saturated rings. The van der Waals surface area contributed by atoms with Crippen molar-refractivity contribution in [2.45, 2.75) is 31.9 Å². The van der Waals surface area contributed by atoms with E-state index >= 15 is 0 Å². The Morgan fingerprint density at radius 3 is 3.04 bits per heavy atom. The highest BCUT2D eigenvalue weighted by Gasteiger charge is 2.27. The molecule has 2 N–H and O–H groups in total. The smallest absolute Gasteiger partial charge is 0.317 e. The molecule has 7 heteroatoms. The number of carbonyl (C=O) groups excluding carboxylic acids is 1. The summed E-state index contributed by atoms with van der Waals surface area (Å²) in [6.45, 7) is 1.01. The van der Waals surface area contributed by atoms with Crippen molar-refractivity contribution in [3.05, 3.63) is 42.4 Å². The van der Waals surface area contributed by atoms with Crippen molar-refractivity contribution < 1.29 is 9.90 Å². The van der Waals surface area contributed by atoms with E-state index in [1.54, 1.807) is 29.0 Å². The van der Waals surface area contributed by atoms with E-state index in [-0.39, 0.29) is 18.1 Å². The second-order valence-electron chi connectivity index (χ2n) is 6.27. The largest absolute Gasteiger partial charge is 0.393 e. The summed E-state index contributed by atoms with van der Waals surface area (Å²) in [6.07, 6.45) is 7.81. The Bertz CT molecular complexity index is 673. The Morgan fingerprint density at radius 2 is 2.33 bits per heavy atom. The van der Waals surface area contributed by atoms with E-state index in [1.807, 2.05) is 24.4 Å². The van der Waals surface area contributed by atoms with Crippen molar-refractivity contribution in [1.82, 2.24) is 25.0 Å². The van der Waals surface area contributed by atoms with Crippen LogP contribution in [0.5, 0.6) is 0 Å². The maximum atomic E-state index is 12.2. The lowest BCUT2D eigenvalue weighted by Crippen LogP contribution is -2.40. The van der Waals surface area contributed by atoms with Crippen LogP contribution in [-0.2, 0) is 6.54 Å². The minimum Gasteiger partial charge on any atom is -0.393 e. The van der Waals surface area contributed by atoms with Crippen LogP contribution >= 0.6 is 0 Å². The molecule has 1 saturated carbocycles. The lowest BCUT2D eigenvalue weighted by molar-refractivity contribution is 0.114. The van der Waals surface area contributed by atoms with Crippen LogP contribution in [0.2, 0.25) is 0 Å². The van der Waals surface area contributed by atoms with E-state index in [4.69, 9.17) is 0 Å². The van der Waals surface area contributed by atoms with Gasteiger partial charge in [-0.15, -0.1) is 0 Å². The highest BCUT2D eigenvalue weighted by molar-refractivity contribution is 5.73. The molecule has 2 aromatic rings. The summed E-state index contributed by atoms with van der Waals surface area (Å²) in [5, 5.41) is 16.9. The molecule has 3 rings (SSSR count). The van der Waals surface area contributed by atoms with Gasteiger partial charge < -0.3 is 15.3 Å². The second-order valence-corrected chi connectivity index (χ2v) is 6.27. The fourth-order valence-electron chi connectivity index (χ4n) is 3.08. The lowest BCUT2D eigenvalue weighted by Gasteiger charge is -2.23. The molecule has 0 radical (unpaired) electrons. The number of rotatable bonds is 5. The Kier molecular flexibility index (Phi) is 5.10. The van der Waals surface area contributed by atoms with Crippen molar-refractivity contribution in [1.29, 1.82) is 0 Å². The predicted molar refractivity (Wildman–Crippen MR) is 89.6 cm³/mol. The first kappa shape index (κ1) is 16.4. The molecule has 0 saturated heterocycles. The Balaban J connectivity index is 1.53. The number of amides is 2. The quantitative estimate of drug-likeness (QED) is 0.872. The number of pyridine rings is 1. The van der Waals surface area contributed by atoms with Crippen LogP contribution in [0.15, 0.2) is 36.8 Å². The molecular formula is C17H23N5O2. The fourth-order valence-corrected chi connectivity index (χ4v) is 3.08. The van der Waals surface area contributed by atoms with Gasteiger partial charge in [-0.05, 0) is 36.6 Å². The van der Waals surface area contributed by atoms with Gasteiger partial charge in [0.15, 0.2) is 5.82 Å². The number of nitrogens with one attached hydrogen (secondary N) is 1. The molecule has 2 aromatic heterocycles. The molecule has 2 unspecified atom stereocenters. The Morgan fingerprint density at radius 1 is 1.46 bits per heavy atom. The minimum absolute atomic E-state index is 0.133. The number of carbonyl (C=O) groups is 1. The maximum Gasteiger partial charge on any atom is 0.317 e. The molecule has 24 heavy (non-hydrogen) atoms. The minimum atomic E-state index is -0.280. The molecule has 0 aromatic carbocycles. The molecule has 7 nitrogen and oxygen atoms in total. The van der Waals surface area contributed by atoms with Crippen molar-refractivity contribution in [2.75, 3.05) is 13.6 Å². The number of aliphatic hydroxyl groups is 1. The molecule has 0 bridgehead atoms. The first-order valence-corrected chi connectivity index (χ1v) is 8.25. The summed E-state index contributed by atoms with van der Waals surface area (Å²) in [4.78, 5) is 18.1. The highest BCUT2D eigenvalue weighted by atomic mass is 16.3. The molecule has 1 aliphatic carbocycles. The monoisotopic (exact) mass is 329 g/mol. The van der Waals surface area contributed by atoms with Crippen LogP contribution in [0.1, 0.15) is 24.8 Å². The van der Waals surface area contributed by atoms with E-state index in [0.29, 0.717) is 18.9 Å².